The highest BCUT2D eigenvalue weighted by molar-refractivity contribution is 5.92. The van der Waals surface area contributed by atoms with Crippen molar-refractivity contribution < 1.29 is 4.79 Å². The number of nitrogens with one attached hydrogen (secondary N) is 1. The van der Waals surface area contributed by atoms with E-state index in [9.17, 15) is 4.79 Å². The number of fused-ring (bicyclic) bond motifs is 1. The molecule has 0 spiro atoms. The molecule has 1 N–H and O–H groups in total. The summed E-state index contributed by atoms with van der Waals surface area (Å²) in [5.74, 6) is 0.0782. The molecule has 2 aromatic rings. The summed E-state index contributed by atoms with van der Waals surface area (Å²) in [5, 5.41) is 2.99. The molecule has 0 aliphatic carbocycles. The minimum Gasteiger partial charge on any atom is -0.326 e. The van der Waals surface area contributed by atoms with Gasteiger partial charge in [0.05, 0.1) is 0 Å². The van der Waals surface area contributed by atoms with Crippen LogP contribution in [0.5, 0.6) is 0 Å². The molecule has 3 rings (SSSR count). The molecule has 1 aliphatic heterocycles. The first-order valence-electron chi connectivity index (χ1n) is 8.31. The molecule has 1 amide bonds. The second kappa shape index (κ2) is 6.97. The van der Waals surface area contributed by atoms with Gasteiger partial charge in [0.2, 0.25) is 5.91 Å². The van der Waals surface area contributed by atoms with Gasteiger partial charge in [-0.05, 0) is 35.2 Å². The van der Waals surface area contributed by atoms with Crippen molar-refractivity contribution in [2.24, 2.45) is 5.92 Å². The zero-order valence-electron chi connectivity index (χ0n) is 13.9. The molecule has 3 nitrogen and oxygen atoms in total. The van der Waals surface area contributed by atoms with Gasteiger partial charge >= 0.3 is 0 Å². The first-order chi connectivity index (χ1) is 11.1. The van der Waals surface area contributed by atoms with Gasteiger partial charge in [-0.3, -0.25) is 9.69 Å². The normalized spacial score (nSPS) is 14.0. The van der Waals surface area contributed by atoms with Crippen LogP contribution in [0.25, 0.3) is 0 Å². The van der Waals surface area contributed by atoms with E-state index in [2.05, 4.69) is 52.7 Å². The number of benzene rings is 2. The molecule has 2 aromatic carbocycles. The highest BCUT2D eigenvalue weighted by atomic mass is 16.1. The highest BCUT2D eigenvalue weighted by Crippen LogP contribution is 2.26. The monoisotopic (exact) mass is 308 g/mol. The highest BCUT2D eigenvalue weighted by Gasteiger charge is 2.19. The number of anilines is 1. The fraction of sp³-hybridized carbons (Fsp3) is 0.350. The summed E-state index contributed by atoms with van der Waals surface area (Å²) >= 11 is 0. The average molecular weight is 308 g/mol. The SMILES string of the molecule is CC(C)C(=O)Nc1ccc2c(c1)CN(CCc1ccccc1)C2. The Balaban J connectivity index is 1.59. The molecule has 0 bridgehead atoms. The molecule has 120 valence electrons. The Labute approximate surface area is 138 Å². The first kappa shape index (κ1) is 15.8. The van der Waals surface area contributed by atoms with Crippen LogP contribution >= 0.6 is 0 Å². The van der Waals surface area contributed by atoms with E-state index in [0.717, 1.165) is 31.7 Å². The van der Waals surface area contributed by atoms with Gasteiger partial charge in [-0.25, -0.2) is 0 Å². The topological polar surface area (TPSA) is 32.3 Å². The largest absolute Gasteiger partial charge is 0.326 e. The molecule has 1 aliphatic rings. The van der Waals surface area contributed by atoms with E-state index in [1.165, 1.54) is 16.7 Å². The van der Waals surface area contributed by atoms with Crippen LogP contribution in [-0.2, 0) is 24.3 Å². The molecular weight excluding hydrogens is 284 g/mol. The lowest BCUT2D eigenvalue weighted by Crippen LogP contribution is -2.19. The lowest BCUT2D eigenvalue weighted by molar-refractivity contribution is -0.118. The van der Waals surface area contributed by atoms with Crippen LogP contribution in [0.3, 0.4) is 0 Å². The first-order valence-corrected chi connectivity index (χ1v) is 8.31. The van der Waals surface area contributed by atoms with Crippen LogP contribution in [0.4, 0.5) is 5.69 Å². The molecule has 0 aromatic heterocycles. The zero-order chi connectivity index (χ0) is 16.2. The van der Waals surface area contributed by atoms with Crippen molar-refractivity contribution in [3.8, 4) is 0 Å². The van der Waals surface area contributed by atoms with Gasteiger partial charge in [-0.2, -0.15) is 0 Å². The molecule has 1 heterocycles. The summed E-state index contributed by atoms with van der Waals surface area (Å²) in [6.45, 7) is 6.85. The number of carbonyl (C=O) groups is 1. The van der Waals surface area contributed by atoms with Crippen molar-refractivity contribution >= 4 is 11.6 Å². The summed E-state index contributed by atoms with van der Waals surface area (Å²) < 4.78 is 0. The maximum Gasteiger partial charge on any atom is 0.226 e. The van der Waals surface area contributed by atoms with E-state index < -0.39 is 0 Å². The van der Waals surface area contributed by atoms with Crippen molar-refractivity contribution in [2.75, 3.05) is 11.9 Å². The van der Waals surface area contributed by atoms with Crippen molar-refractivity contribution in [1.82, 2.24) is 4.90 Å². The molecule has 0 saturated heterocycles. The van der Waals surface area contributed by atoms with E-state index in [1.54, 1.807) is 0 Å². The van der Waals surface area contributed by atoms with Crippen LogP contribution in [0.15, 0.2) is 48.5 Å². The minimum atomic E-state index is 0.00521. The van der Waals surface area contributed by atoms with Crippen molar-refractivity contribution in [2.45, 2.75) is 33.4 Å². The van der Waals surface area contributed by atoms with Crippen LogP contribution in [-0.4, -0.2) is 17.4 Å². The fourth-order valence-electron chi connectivity index (χ4n) is 2.92. The van der Waals surface area contributed by atoms with Crippen LogP contribution in [0, 0.1) is 5.92 Å². The smallest absolute Gasteiger partial charge is 0.226 e. The van der Waals surface area contributed by atoms with E-state index in [0.29, 0.717) is 0 Å². The van der Waals surface area contributed by atoms with Gasteiger partial charge < -0.3 is 5.32 Å². The molecular formula is C20H24N2O. The quantitative estimate of drug-likeness (QED) is 0.910. The predicted molar refractivity (Wildman–Crippen MR) is 94.2 cm³/mol. The van der Waals surface area contributed by atoms with Gasteiger partial charge in [0.25, 0.3) is 0 Å². The van der Waals surface area contributed by atoms with Crippen LogP contribution in [0.1, 0.15) is 30.5 Å². The number of nitrogens with zero attached hydrogens (tertiary/aromatic N) is 1. The van der Waals surface area contributed by atoms with E-state index >= 15 is 0 Å². The summed E-state index contributed by atoms with van der Waals surface area (Å²) in [6, 6.07) is 16.9. The van der Waals surface area contributed by atoms with E-state index in [-0.39, 0.29) is 11.8 Å². The maximum absolute atomic E-state index is 11.8. The fourth-order valence-corrected chi connectivity index (χ4v) is 2.92. The van der Waals surface area contributed by atoms with Gasteiger partial charge in [-0.1, -0.05) is 50.2 Å². The Morgan fingerprint density at radius 2 is 1.83 bits per heavy atom. The Hall–Kier alpha value is -2.13. The van der Waals surface area contributed by atoms with E-state index in [4.69, 9.17) is 0 Å². The molecule has 3 heteroatoms. The van der Waals surface area contributed by atoms with Crippen molar-refractivity contribution in [3.05, 3.63) is 65.2 Å². The summed E-state index contributed by atoms with van der Waals surface area (Å²) in [6.07, 6.45) is 1.08. The number of carbonyl (C=O) groups excluding carboxylic acids is 1. The number of hydrogen-bond donors (Lipinski definition) is 1. The lowest BCUT2D eigenvalue weighted by atomic mass is 10.1. The number of hydrogen-bond acceptors (Lipinski definition) is 2. The second-order valence-electron chi connectivity index (χ2n) is 6.57. The molecule has 0 saturated carbocycles. The van der Waals surface area contributed by atoms with Crippen molar-refractivity contribution in [3.63, 3.8) is 0 Å². The molecule has 0 radical (unpaired) electrons. The minimum absolute atomic E-state index is 0.00521. The summed E-state index contributed by atoms with van der Waals surface area (Å²) in [4.78, 5) is 14.3. The summed E-state index contributed by atoms with van der Waals surface area (Å²) in [7, 11) is 0. The predicted octanol–water partition coefficient (Wildman–Crippen LogP) is 3.84. The molecule has 0 atom stereocenters. The average Bonchev–Trinajstić information content (AvgIpc) is 2.96. The third-order valence-corrected chi connectivity index (χ3v) is 4.35. The van der Waals surface area contributed by atoms with Gasteiger partial charge in [0, 0.05) is 31.2 Å². The lowest BCUT2D eigenvalue weighted by Gasteiger charge is -2.14. The van der Waals surface area contributed by atoms with Gasteiger partial charge in [0.1, 0.15) is 0 Å². The Morgan fingerprint density at radius 1 is 1.09 bits per heavy atom. The van der Waals surface area contributed by atoms with Gasteiger partial charge in [0.15, 0.2) is 0 Å². The maximum atomic E-state index is 11.8. The Morgan fingerprint density at radius 3 is 2.57 bits per heavy atom. The van der Waals surface area contributed by atoms with Gasteiger partial charge in [-0.15, -0.1) is 0 Å². The standard InChI is InChI=1S/C20H24N2O/c1-15(2)20(23)21-19-9-8-17-13-22(14-18(17)12-19)11-10-16-6-4-3-5-7-16/h3-9,12,15H,10-11,13-14H2,1-2H3,(H,21,23). The molecule has 0 fully saturated rings. The Kier molecular flexibility index (Phi) is 4.77. The second-order valence-corrected chi connectivity index (χ2v) is 6.57. The Bertz CT molecular complexity index is 679. The van der Waals surface area contributed by atoms with Crippen LogP contribution < -0.4 is 5.32 Å². The third-order valence-electron chi connectivity index (χ3n) is 4.35. The summed E-state index contributed by atoms with van der Waals surface area (Å²) in [5.41, 5.74) is 5.00. The molecule has 23 heavy (non-hydrogen) atoms. The van der Waals surface area contributed by atoms with E-state index in [1.807, 2.05) is 19.9 Å². The van der Waals surface area contributed by atoms with Crippen LogP contribution in [0.2, 0.25) is 0 Å². The van der Waals surface area contributed by atoms with Crippen molar-refractivity contribution in [1.29, 1.82) is 0 Å². The third kappa shape index (κ3) is 3.99. The number of rotatable bonds is 5. The zero-order valence-corrected chi connectivity index (χ0v) is 13.9. The number of amides is 1. The molecule has 0 unspecified atom stereocenters.